The van der Waals surface area contributed by atoms with Crippen molar-refractivity contribution in [2.45, 2.75) is 19.8 Å². The Kier molecular flexibility index (Phi) is 7.10. The topological polar surface area (TPSA) is 70.7 Å². The van der Waals surface area contributed by atoms with E-state index in [4.69, 9.17) is 4.74 Å². The summed E-state index contributed by atoms with van der Waals surface area (Å²) >= 11 is 0. The quantitative estimate of drug-likeness (QED) is 0.603. The van der Waals surface area contributed by atoms with Crippen molar-refractivity contribution >= 4 is 10.2 Å². The van der Waals surface area contributed by atoms with E-state index in [9.17, 15) is 8.42 Å². The second kappa shape index (κ2) is 8.06. The smallest absolute Gasteiger partial charge is 0.279 e. The third-order valence-electron chi connectivity index (χ3n) is 3.14. The van der Waals surface area contributed by atoms with E-state index in [0.717, 1.165) is 19.4 Å². The standard InChI is InChI=1S/C11H25N3O3S/c1-3-17-9-6-13-18(15,16)14-7-4-11(5-8-14)10-12-2/h11-13H,3-10H2,1-2H3. The van der Waals surface area contributed by atoms with Crippen molar-refractivity contribution in [3.8, 4) is 0 Å². The predicted molar refractivity (Wildman–Crippen MR) is 71.6 cm³/mol. The number of nitrogens with one attached hydrogen (secondary N) is 2. The Labute approximate surface area is 110 Å². The molecule has 2 N–H and O–H groups in total. The van der Waals surface area contributed by atoms with Crippen molar-refractivity contribution in [3.05, 3.63) is 0 Å². The van der Waals surface area contributed by atoms with Gasteiger partial charge in [-0.15, -0.1) is 0 Å². The lowest BCUT2D eigenvalue weighted by Crippen LogP contribution is -2.46. The van der Waals surface area contributed by atoms with Gasteiger partial charge in [0.05, 0.1) is 6.61 Å². The maximum Gasteiger partial charge on any atom is 0.279 e. The van der Waals surface area contributed by atoms with Gasteiger partial charge in [-0.25, -0.2) is 0 Å². The summed E-state index contributed by atoms with van der Waals surface area (Å²) in [4.78, 5) is 0. The third kappa shape index (κ3) is 5.19. The molecule has 6 nitrogen and oxygen atoms in total. The highest BCUT2D eigenvalue weighted by molar-refractivity contribution is 7.87. The van der Waals surface area contributed by atoms with Gasteiger partial charge in [0, 0.05) is 26.2 Å². The van der Waals surface area contributed by atoms with Gasteiger partial charge in [-0.2, -0.15) is 17.4 Å². The number of hydrogen-bond acceptors (Lipinski definition) is 4. The predicted octanol–water partition coefficient (Wildman–Crippen LogP) is -0.211. The highest BCUT2D eigenvalue weighted by Gasteiger charge is 2.27. The molecule has 0 amide bonds. The highest BCUT2D eigenvalue weighted by Crippen LogP contribution is 2.18. The Hall–Kier alpha value is -0.210. The molecule has 0 radical (unpaired) electrons. The molecule has 0 aliphatic carbocycles. The van der Waals surface area contributed by atoms with E-state index in [1.807, 2.05) is 14.0 Å². The molecule has 0 aromatic heterocycles. The van der Waals surface area contributed by atoms with Crippen molar-refractivity contribution in [2.75, 3.05) is 46.4 Å². The molecule has 1 saturated heterocycles. The first-order valence-corrected chi connectivity index (χ1v) is 8.01. The first-order valence-electron chi connectivity index (χ1n) is 6.57. The van der Waals surface area contributed by atoms with Crippen molar-refractivity contribution in [3.63, 3.8) is 0 Å². The highest BCUT2D eigenvalue weighted by atomic mass is 32.2. The lowest BCUT2D eigenvalue weighted by molar-refractivity contribution is 0.152. The van der Waals surface area contributed by atoms with Gasteiger partial charge in [-0.1, -0.05) is 0 Å². The third-order valence-corrected chi connectivity index (χ3v) is 4.76. The lowest BCUT2D eigenvalue weighted by atomic mass is 9.98. The summed E-state index contributed by atoms with van der Waals surface area (Å²) < 4.78 is 33.1. The maximum atomic E-state index is 12.0. The lowest BCUT2D eigenvalue weighted by Gasteiger charge is -2.31. The van der Waals surface area contributed by atoms with Crippen molar-refractivity contribution in [2.24, 2.45) is 5.92 Å². The molecule has 0 unspecified atom stereocenters. The minimum atomic E-state index is -3.32. The van der Waals surface area contributed by atoms with Crippen molar-refractivity contribution in [1.29, 1.82) is 0 Å². The molecule has 0 saturated carbocycles. The largest absolute Gasteiger partial charge is 0.380 e. The number of rotatable bonds is 8. The molecule has 0 aromatic rings. The van der Waals surface area contributed by atoms with Crippen LogP contribution in [0.4, 0.5) is 0 Å². The molecule has 1 aliphatic rings. The normalized spacial score (nSPS) is 19.2. The van der Waals surface area contributed by atoms with E-state index in [-0.39, 0.29) is 0 Å². The Bertz CT molecular complexity index is 313. The van der Waals surface area contributed by atoms with E-state index >= 15 is 0 Å². The molecule has 1 rings (SSSR count). The average Bonchev–Trinajstić information content (AvgIpc) is 2.36. The number of piperidine rings is 1. The average molecular weight is 279 g/mol. The van der Waals surface area contributed by atoms with E-state index in [1.54, 1.807) is 0 Å². The van der Waals surface area contributed by atoms with Crippen LogP contribution in [0.5, 0.6) is 0 Å². The van der Waals surface area contributed by atoms with Crippen molar-refractivity contribution < 1.29 is 13.2 Å². The fourth-order valence-electron chi connectivity index (χ4n) is 2.12. The molecule has 1 fully saturated rings. The van der Waals surface area contributed by atoms with Crippen LogP contribution in [0.2, 0.25) is 0 Å². The Morgan fingerprint density at radius 2 is 2.00 bits per heavy atom. The van der Waals surface area contributed by atoms with Gasteiger partial charge in [0.15, 0.2) is 0 Å². The van der Waals surface area contributed by atoms with Gasteiger partial charge in [0.1, 0.15) is 0 Å². The molecular weight excluding hydrogens is 254 g/mol. The number of ether oxygens (including phenoxy) is 1. The fourth-order valence-corrected chi connectivity index (χ4v) is 3.34. The van der Waals surface area contributed by atoms with Crippen molar-refractivity contribution in [1.82, 2.24) is 14.3 Å². The molecule has 108 valence electrons. The molecule has 1 heterocycles. The molecule has 1 aliphatic heterocycles. The monoisotopic (exact) mass is 279 g/mol. The van der Waals surface area contributed by atoms with Gasteiger partial charge >= 0.3 is 0 Å². The van der Waals surface area contributed by atoms with Crippen LogP contribution in [0.25, 0.3) is 0 Å². The Balaban J connectivity index is 2.31. The fraction of sp³-hybridized carbons (Fsp3) is 1.00. The SMILES string of the molecule is CCOCCNS(=O)(=O)N1CCC(CNC)CC1. The zero-order chi connectivity index (χ0) is 13.4. The second-order valence-electron chi connectivity index (χ2n) is 4.50. The van der Waals surface area contributed by atoms with E-state index < -0.39 is 10.2 Å². The van der Waals surface area contributed by atoms with E-state index in [2.05, 4.69) is 10.0 Å². The number of hydrogen-bond donors (Lipinski definition) is 2. The summed E-state index contributed by atoms with van der Waals surface area (Å²) in [5, 5.41) is 3.14. The zero-order valence-electron chi connectivity index (χ0n) is 11.3. The summed E-state index contributed by atoms with van der Waals surface area (Å²) in [6, 6.07) is 0. The van der Waals surface area contributed by atoms with Crippen LogP contribution >= 0.6 is 0 Å². The maximum absolute atomic E-state index is 12.0. The molecular formula is C11H25N3O3S. The Morgan fingerprint density at radius 3 is 2.56 bits per heavy atom. The summed E-state index contributed by atoms with van der Waals surface area (Å²) in [5.74, 6) is 0.588. The van der Waals surface area contributed by atoms with Crippen LogP contribution in [0.1, 0.15) is 19.8 Å². The Morgan fingerprint density at radius 1 is 1.33 bits per heavy atom. The summed E-state index contributed by atoms with van der Waals surface area (Å²) in [6.07, 6.45) is 1.85. The van der Waals surface area contributed by atoms with E-state index in [0.29, 0.717) is 38.8 Å². The second-order valence-corrected chi connectivity index (χ2v) is 6.25. The van der Waals surface area contributed by atoms with Crippen LogP contribution < -0.4 is 10.0 Å². The first kappa shape index (κ1) is 15.8. The van der Waals surface area contributed by atoms with E-state index in [1.165, 1.54) is 4.31 Å². The molecule has 0 aromatic carbocycles. The van der Waals surface area contributed by atoms with Crippen LogP contribution in [0.3, 0.4) is 0 Å². The van der Waals surface area contributed by atoms with Crippen LogP contribution in [-0.4, -0.2) is 59.2 Å². The van der Waals surface area contributed by atoms with Crippen LogP contribution in [-0.2, 0) is 14.9 Å². The first-order chi connectivity index (χ1) is 8.60. The van der Waals surface area contributed by atoms with Gasteiger partial charge < -0.3 is 10.1 Å². The summed E-state index contributed by atoms with van der Waals surface area (Å²) in [5.41, 5.74) is 0. The zero-order valence-corrected chi connectivity index (χ0v) is 12.1. The molecule has 0 bridgehead atoms. The van der Waals surface area contributed by atoms with Gasteiger partial charge in [0.2, 0.25) is 0 Å². The van der Waals surface area contributed by atoms with Crippen LogP contribution in [0.15, 0.2) is 0 Å². The summed E-state index contributed by atoms with van der Waals surface area (Å²) in [7, 11) is -1.39. The molecule has 7 heteroatoms. The number of nitrogens with zero attached hydrogens (tertiary/aromatic N) is 1. The van der Waals surface area contributed by atoms with Gasteiger partial charge in [-0.3, -0.25) is 0 Å². The summed E-state index contributed by atoms with van der Waals surface area (Å²) in [6.45, 7) is 5.44. The molecule has 0 atom stereocenters. The van der Waals surface area contributed by atoms with Gasteiger partial charge in [0.25, 0.3) is 10.2 Å². The molecule has 0 spiro atoms. The molecule has 18 heavy (non-hydrogen) atoms. The van der Waals surface area contributed by atoms with Crippen LogP contribution in [0, 0.1) is 5.92 Å². The minimum Gasteiger partial charge on any atom is -0.380 e. The van der Waals surface area contributed by atoms with Gasteiger partial charge in [-0.05, 0) is 39.3 Å². The minimum absolute atomic E-state index is 0.340.